The Kier molecular flexibility index (Phi) is 9.81. The first-order valence-electron chi connectivity index (χ1n) is 13.4. The summed E-state index contributed by atoms with van der Waals surface area (Å²) in [5.41, 5.74) is 5.84. The third kappa shape index (κ3) is 7.03. The second-order valence-corrected chi connectivity index (χ2v) is 9.96. The van der Waals surface area contributed by atoms with Crippen LogP contribution in [0.2, 0.25) is 5.02 Å². The number of ether oxygens (including phenoxy) is 1. The van der Waals surface area contributed by atoms with Crippen molar-refractivity contribution in [1.29, 1.82) is 0 Å². The van der Waals surface area contributed by atoms with Crippen LogP contribution < -0.4 is 4.74 Å². The number of rotatable bonds is 13. The summed E-state index contributed by atoms with van der Waals surface area (Å²) in [7, 11) is 1.71. The lowest BCUT2D eigenvalue weighted by atomic mass is 10.1. The van der Waals surface area contributed by atoms with Crippen LogP contribution in [0, 0.1) is 0 Å². The average molecular weight is 516 g/mol. The SMILES string of the molecule is CCCCN(Cc1ccc(OC)cc1)Cc1c(-c2ccc(Cl)cc2)nc(-c2ccccc2)n1CCCC. The maximum atomic E-state index is 6.25. The van der Waals surface area contributed by atoms with Crippen molar-refractivity contribution in [2.75, 3.05) is 13.7 Å². The van der Waals surface area contributed by atoms with Gasteiger partial charge in [-0.05, 0) is 49.2 Å². The first kappa shape index (κ1) is 27.0. The van der Waals surface area contributed by atoms with E-state index < -0.39 is 0 Å². The molecule has 0 unspecified atom stereocenters. The number of methoxy groups -OCH3 is 1. The minimum atomic E-state index is 0.739. The number of hydrogen-bond acceptors (Lipinski definition) is 3. The van der Waals surface area contributed by atoms with Gasteiger partial charge in [0.15, 0.2) is 0 Å². The Balaban J connectivity index is 1.78. The molecule has 5 heteroatoms. The second-order valence-electron chi connectivity index (χ2n) is 9.52. The number of aromatic nitrogens is 2. The largest absolute Gasteiger partial charge is 0.497 e. The van der Waals surface area contributed by atoms with E-state index in [-0.39, 0.29) is 0 Å². The van der Waals surface area contributed by atoms with Crippen molar-refractivity contribution in [1.82, 2.24) is 14.5 Å². The zero-order valence-electron chi connectivity index (χ0n) is 22.3. The number of hydrogen-bond donors (Lipinski definition) is 0. The summed E-state index contributed by atoms with van der Waals surface area (Å²) < 4.78 is 7.83. The van der Waals surface area contributed by atoms with Gasteiger partial charge in [-0.25, -0.2) is 4.98 Å². The molecule has 0 N–H and O–H groups in total. The highest BCUT2D eigenvalue weighted by molar-refractivity contribution is 6.30. The molecule has 0 spiro atoms. The Hall–Kier alpha value is -3.08. The highest BCUT2D eigenvalue weighted by Crippen LogP contribution is 2.32. The van der Waals surface area contributed by atoms with Crippen LogP contribution in [0.3, 0.4) is 0 Å². The third-order valence-electron chi connectivity index (χ3n) is 6.72. The van der Waals surface area contributed by atoms with E-state index in [0.29, 0.717) is 0 Å². The van der Waals surface area contributed by atoms with Crippen molar-refractivity contribution < 1.29 is 4.74 Å². The van der Waals surface area contributed by atoms with Crippen LogP contribution >= 0.6 is 11.6 Å². The maximum absolute atomic E-state index is 6.25. The molecule has 194 valence electrons. The van der Waals surface area contributed by atoms with Gasteiger partial charge in [0.1, 0.15) is 11.6 Å². The fraction of sp³-hybridized carbons (Fsp3) is 0.344. The van der Waals surface area contributed by atoms with E-state index in [0.717, 1.165) is 85.3 Å². The van der Waals surface area contributed by atoms with E-state index in [1.165, 1.54) is 11.3 Å². The van der Waals surface area contributed by atoms with Crippen LogP contribution in [0.25, 0.3) is 22.6 Å². The van der Waals surface area contributed by atoms with Gasteiger partial charge >= 0.3 is 0 Å². The standard InChI is InChI=1S/C32H38ClN3O/c1-4-6-21-35(23-25-13-19-29(37-3)20-14-25)24-30-31(26-15-17-28(33)18-16-26)34-32(36(30)22-7-5-2)27-11-9-8-10-12-27/h8-20H,4-7,21-24H2,1-3H3. The fourth-order valence-electron chi connectivity index (χ4n) is 4.65. The van der Waals surface area contributed by atoms with Gasteiger partial charge in [0.2, 0.25) is 0 Å². The van der Waals surface area contributed by atoms with Gasteiger partial charge in [-0.15, -0.1) is 0 Å². The Morgan fingerprint density at radius 3 is 2.16 bits per heavy atom. The molecular formula is C32H38ClN3O. The molecule has 0 radical (unpaired) electrons. The molecular weight excluding hydrogens is 478 g/mol. The Labute approximate surface area is 226 Å². The Morgan fingerprint density at radius 2 is 1.51 bits per heavy atom. The van der Waals surface area contributed by atoms with E-state index >= 15 is 0 Å². The monoisotopic (exact) mass is 515 g/mol. The number of unbranched alkanes of at least 4 members (excludes halogenated alkanes) is 2. The van der Waals surface area contributed by atoms with Gasteiger partial charge in [0.05, 0.1) is 18.5 Å². The third-order valence-corrected chi connectivity index (χ3v) is 6.98. The van der Waals surface area contributed by atoms with Crippen molar-refractivity contribution >= 4 is 11.6 Å². The van der Waals surface area contributed by atoms with E-state index in [4.69, 9.17) is 21.3 Å². The molecule has 0 saturated carbocycles. The molecule has 0 atom stereocenters. The molecule has 0 aliphatic carbocycles. The smallest absolute Gasteiger partial charge is 0.140 e. The zero-order valence-corrected chi connectivity index (χ0v) is 23.0. The quantitative estimate of drug-likeness (QED) is 0.179. The second kappa shape index (κ2) is 13.5. The van der Waals surface area contributed by atoms with Crippen LogP contribution in [0.4, 0.5) is 0 Å². The molecule has 0 bridgehead atoms. The normalized spacial score (nSPS) is 11.3. The zero-order chi connectivity index (χ0) is 26.0. The summed E-state index contributed by atoms with van der Waals surface area (Å²) in [6.07, 6.45) is 4.55. The summed E-state index contributed by atoms with van der Waals surface area (Å²) in [5.74, 6) is 1.92. The van der Waals surface area contributed by atoms with Gasteiger partial charge < -0.3 is 9.30 Å². The van der Waals surface area contributed by atoms with E-state index in [2.05, 4.69) is 77.9 Å². The van der Waals surface area contributed by atoms with Crippen LogP contribution in [-0.2, 0) is 19.6 Å². The molecule has 1 aromatic heterocycles. The molecule has 0 aliphatic heterocycles. The van der Waals surface area contributed by atoms with E-state index in [1.54, 1.807) is 7.11 Å². The lowest BCUT2D eigenvalue weighted by Crippen LogP contribution is -2.26. The van der Waals surface area contributed by atoms with Crippen LogP contribution in [-0.4, -0.2) is 28.1 Å². The topological polar surface area (TPSA) is 30.3 Å². The minimum Gasteiger partial charge on any atom is -0.497 e. The first-order valence-corrected chi connectivity index (χ1v) is 13.8. The summed E-state index contributed by atoms with van der Waals surface area (Å²) in [5, 5.41) is 0.739. The highest BCUT2D eigenvalue weighted by atomic mass is 35.5. The molecule has 1 heterocycles. The van der Waals surface area contributed by atoms with Crippen LogP contribution in [0.15, 0.2) is 78.9 Å². The van der Waals surface area contributed by atoms with Gasteiger partial charge in [0, 0.05) is 35.8 Å². The van der Waals surface area contributed by atoms with Crippen molar-refractivity contribution in [2.24, 2.45) is 0 Å². The maximum Gasteiger partial charge on any atom is 0.140 e. The predicted octanol–water partition coefficient (Wildman–Crippen LogP) is 8.48. The average Bonchev–Trinajstić information content (AvgIpc) is 3.29. The number of benzene rings is 3. The van der Waals surface area contributed by atoms with Crippen molar-refractivity contribution in [2.45, 2.75) is 59.2 Å². The van der Waals surface area contributed by atoms with Gasteiger partial charge in [-0.1, -0.05) is 92.9 Å². The number of imidazole rings is 1. The van der Waals surface area contributed by atoms with Gasteiger partial charge in [-0.2, -0.15) is 0 Å². The summed E-state index contributed by atoms with van der Waals surface area (Å²) >= 11 is 6.25. The molecule has 3 aromatic carbocycles. The lowest BCUT2D eigenvalue weighted by Gasteiger charge is -2.24. The van der Waals surface area contributed by atoms with Gasteiger partial charge in [0.25, 0.3) is 0 Å². The molecule has 37 heavy (non-hydrogen) atoms. The molecule has 4 aromatic rings. The minimum absolute atomic E-state index is 0.739. The first-order chi connectivity index (χ1) is 18.1. The van der Waals surface area contributed by atoms with Crippen molar-refractivity contribution in [3.05, 3.63) is 95.1 Å². The number of nitrogens with zero attached hydrogens (tertiary/aromatic N) is 3. The lowest BCUT2D eigenvalue weighted by molar-refractivity contribution is 0.246. The van der Waals surface area contributed by atoms with Crippen molar-refractivity contribution in [3.63, 3.8) is 0 Å². The van der Waals surface area contributed by atoms with E-state index in [9.17, 15) is 0 Å². The van der Waals surface area contributed by atoms with Crippen molar-refractivity contribution in [3.8, 4) is 28.4 Å². The predicted molar refractivity (Wildman–Crippen MR) is 155 cm³/mol. The fourth-order valence-corrected chi connectivity index (χ4v) is 4.77. The summed E-state index contributed by atoms with van der Waals surface area (Å²) in [6.45, 7) is 8.18. The molecule has 0 saturated heterocycles. The Bertz CT molecular complexity index is 1230. The highest BCUT2D eigenvalue weighted by Gasteiger charge is 2.22. The van der Waals surface area contributed by atoms with Gasteiger partial charge in [-0.3, -0.25) is 4.90 Å². The molecule has 0 fully saturated rings. The summed E-state index contributed by atoms with van der Waals surface area (Å²) in [4.78, 5) is 7.83. The number of halogens is 1. The molecule has 4 rings (SSSR count). The van der Waals surface area contributed by atoms with E-state index in [1.807, 2.05) is 24.3 Å². The molecule has 0 aliphatic rings. The molecule has 0 amide bonds. The molecule has 4 nitrogen and oxygen atoms in total. The Morgan fingerprint density at radius 1 is 0.811 bits per heavy atom. The van der Waals surface area contributed by atoms with Crippen LogP contribution in [0.1, 0.15) is 50.8 Å². The summed E-state index contributed by atoms with van der Waals surface area (Å²) in [6, 6.07) is 27.1. The van der Waals surface area contributed by atoms with Crippen LogP contribution in [0.5, 0.6) is 5.75 Å².